The standard InChI is InChI=1S/C10H17NO5/c12-6-8-14-7-4-2-1-3-5-9-11-16-10(13)15-9/h12H,1-8H2. The van der Waals surface area contributed by atoms with E-state index in [1.807, 2.05) is 0 Å². The van der Waals surface area contributed by atoms with Crippen LogP contribution in [0.4, 0.5) is 0 Å². The number of aromatic nitrogens is 1. The van der Waals surface area contributed by atoms with Crippen LogP contribution in [0.3, 0.4) is 0 Å². The van der Waals surface area contributed by atoms with Crippen LogP contribution in [0.2, 0.25) is 0 Å². The molecule has 0 aliphatic heterocycles. The van der Waals surface area contributed by atoms with Crippen molar-refractivity contribution >= 4 is 0 Å². The quantitative estimate of drug-likeness (QED) is 0.631. The topological polar surface area (TPSA) is 85.7 Å². The van der Waals surface area contributed by atoms with Crippen molar-refractivity contribution < 1.29 is 18.8 Å². The van der Waals surface area contributed by atoms with Crippen molar-refractivity contribution in [2.24, 2.45) is 0 Å². The molecule has 1 rings (SSSR count). The highest BCUT2D eigenvalue weighted by molar-refractivity contribution is 4.70. The molecule has 0 spiro atoms. The summed E-state index contributed by atoms with van der Waals surface area (Å²) in [6, 6.07) is 0. The highest BCUT2D eigenvalue weighted by Crippen LogP contribution is 2.04. The fourth-order valence-corrected chi connectivity index (χ4v) is 1.32. The Morgan fingerprint density at radius 2 is 2.00 bits per heavy atom. The Hall–Kier alpha value is -1.14. The highest BCUT2D eigenvalue weighted by atomic mass is 16.6. The van der Waals surface area contributed by atoms with Gasteiger partial charge in [-0.25, -0.2) is 4.79 Å². The molecule has 0 amide bonds. The Kier molecular flexibility index (Phi) is 6.52. The monoisotopic (exact) mass is 231 g/mol. The van der Waals surface area contributed by atoms with E-state index >= 15 is 0 Å². The summed E-state index contributed by atoms with van der Waals surface area (Å²) in [6.07, 6.45) is 4.59. The van der Waals surface area contributed by atoms with E-state index in [1.165, 1.54) is 0 Å². The zero-order valence-corrected chi connectivity index (χ0v) is 9.18. The first-order valence-electron chi connectivity index (χ1n) is 5.47. The summed E-state index contributed by atoms with van der Waals surface area (Å²) < 4.78 is 14.0. The first kappa shape index (κ1) is 12.9. The van der Waals surface area contributed by atoms with E-state index in [4.69, 9.17) is 9.84 Å². The van der Waals surface area contributed by atoms with Gasteiger partial charge in [-0.05, 0) is 18.0 Å². The Labute approximate surface area is 93.2 Å². The summed E-state index contributed by atoms with van der Waals surface area (Å²) in [5.41, 5.74) is 0. The third kappa shape index (κ3) is 5.67. The second kappa shape index (κ2) is 8.06. The number of aliphatic hydroxyl groups excluding tert-OH is 1. The second-order valence-corrected chi connectivity index (χ2v) is 3.43. The highest BCUT2D eigenvalue weighted by Gasteiger charge is 2.02. The Balaban J connectivity index is 1.90. The van der Waals surface area contributed by atoms with E-state index in [1.54, 1.807) is 0 Å². The van der Waals surface area contributed by atoms with Gasteiger partial charge in [-0.15, -0.1) is 0 Å². The lowest BCUT2D eigenvalue weighted by Gasteiger charge is -2.01. The summed E-state index contributed by atoms with van der Waals surface area (Å²) in [4.78, 5) is 10.5. The van der Waals surface area contributed by atoms with Gasteiger partial charge in [0.2, 0.25) is 5.89 Å². The molecule has 1 heterocycles. The lowest BCUT2D eigenvalue weighted by Crippen LogP contribution is -2.00. The van der Waals surface area contributed by atoms with Gasteiger partial charge in [-0.2, -0.15) is 0 Å². The minimum absolute atomic E-state index is 0.0746. The normalized spacial score (nSPS) is 10.8. The number of aliphatic hydroxyl groups is 1. The maximum absolute atomic E-state index is 10.5. The van der Waals surface area contributed by atoms with Crippen LogP contribution in [0, 0.1) is 0 Å². The largest absolute Gasteiger partial charge is 0.542 e. The van der Waals surface area contributed by atoms with Crippen molar-refractivity contribution in [3.05, 3.63) is 16.5 Å². The van der Waals surface area contributed by atoms with Crippen molar-refractivity contribution in [2.45, 2.75) is 32.1 Å². The first-order valence-corrected chi connectivity index (χ1v) is 5.47. The van der Waals surface area contributed by atoms with Gasteiger partial charge < -0.3 is 14.3 Å². The molecule has 92 valence electrons. The van der Waals surface area contributed by atoms with Crippen molar-refractivity contribution in [2.75, 3.05) is 19.8 Å². The molecule has 6 heteroatoms. The first-order chi connectivity index (χ1) is 7.83. The Bertz CT molecular complexity index is 319. The van der Waals surface area contributed by atoms with Crippen LogP contribution in [0.5, 0.6) is 0 Å². The number of hydrogen-bond acceptors (Lipinski definition) is 6. The average Bonchev–Trinajstić information content (AvgIpc) is 2.68. The molecule has 1 N–H and O–H groups in total. The molecule has 0 saturated carbocycles. The van der Waals surface area contributed by atoms with Gasteiger partial charge in [0.25, 0.3) is 0 Å². The van der Waals surface area contributed by atoms with Crippen LogP contribution >= 0.6 is 0 Å². The van der Waals surface area contributed by atoms with Gasteiger partial charge in [-0.1, -0.05) is 12.8 Å². The van der Waals surface area contributed by atoms with Crippen molar-refractivity contribution in [3.8, 4) is 0 Å². The Morgan fingerprint density at radius 1 is 1.19 bits per heavy atom. The van der Waals surface area contributed by atoms with Crippen LogP contribution in [0.25, 0.3) is 0 Å². The van der Waals surface area contributed by atoms with E-state index in [0.29, 0.717) is 25.5 Å². The molecular formula is C10H17NO5. The number of rotatable bonds is 9. The molecule has 0 saturated heterocycles. The lowest BCUT2D eigenvalue weighted by atomic mass is 10.1. The summed E-state index contributed by atoms with van der Waals surface area (Å²) in [5, 5.41) is 11.9. The smallest absolute Gasteiger partial charge is 0.394 e. The van der Waals surface area contributed by atoms with Gasteiger partial charge in [0.05, 0.1) is 13.2 Å². The van der Waals surface area contributed by atoms with E-state index < -0.39 is 5.82 Å². The van der Waals surface area contributed by atoms with Crippen LogP contribution in [-0.2, 0) is 11.2 Å². The zero-order valence-electron chi connectivity index (χ0n) is 9.18. The Morgan fingerprint density at radius 3 is 2.69 bits per heavy atom. The van der Waals surface area contributed by atoms with Gasteiger partial charge in [-0.3, -0.25) is 4.52 Å². The number of nitrogens with zero attached hydrogens (tertiary/aromatic N) is 1. The van der Waals surface area contributed by atoms with E-state index in [9.17, 15) is 4.79 Å². The number of aryl methyl sites for hydroxylation is 1. The minimum atomic E-state index is -0.743. The minimum Gasteiger partial charge on any atom is -0.394 e. The molecule has 1 aromatic heterocycles. The SMILES string of the molecule is O=c1onc(CCCCCCOCCO)o1. The molecule has 0 aliphatic carbocycles. The summed E-state index contributed by atoms with van der Waals surface area (Å²) in [6.45, 7) is 1.16. The van der Waals surface area contributed by atoms with E-state index in [2.05, 4.69) is 14.1 Å². The average molecular weight is 231 g/mol. The zero-order chi connectivity index (χ0) is 11.6. The maximum atomic E-state index is 10.5. The molecule has 0 radical (unpaired) electrons. The number of ether oxygens (including phenoxy) is 1. The molecule has 0 aromatic carbocycles. The maximum Gasteiger partial charge on any atom is 0.542 e. The fourth-order valence-electron chi connectivity index (χ4n) is 1.32. The fraction of sp³-hybridized carbons (Fsp3) is 0.800. The molecule has 0 bridgehead atoms. The number of hydrogen-bond donors (Lipinski definition) is 1. The predicted molar refractivity (Wildman–Crippen MR) is 55.1 cm³/mol. The molecule has 0 unspecified atom stereocenters. The van der Waals surface area contributed by atoms with Gasteiger partial charge in [0, 0.05) is 13.0 Å². The summed E-state index contributed by atoms with van der Waals surface area (Å²) >= 11 is 0. The third-order valence-electron chi connectivity index (χ3n) is 2.09. The van der Waals surface area contributed by atoms with Crippen LogP contribution < -0.4 is 5.82 Å². The molecule has 0 atom stereocenters. The molecule has 0 fully saturated rings. The van der Waals surface area contributed by atoms with Crippen molar-refractivity contribution in [1.82, 2.24) is 5.16 Å². The van der Waals surface area contributed by atoms with Crippen molar-refractivity contribution in [1.29, 1.82) is 0 Å². The molecular weight excluding hydrogens is 214 g/mol. The van der Waals surface area contributed by atoms with Crippen molar-refractivity contribution in [3.63, 3.8) is 0 Å². The molecule has 0 aliphatic rings. The number of unbranched alkanes of at least 4 members (excludes halogenated alkanes) is 3. The second-order valence-electron chi connectivity index (χ2n) is 3.43. The van der Waals surface area contributed by atoms with Crippen LogP contribution in [0.15, 0.2) is 13.7 Å². The van der Waals surface area contributed by atoms with E-state index in [-0.39, 0.29) is 6.61 Å². The van der Waals surface area contributed by atoms with E-state index in [0.717, 1.165) is 25.7 Å². The lowest BCUT2D eigenvalue weighted by molar-refractivity contribution is 0.0895. The molecule has 1 aromatic rings. The predicted octanol–water partition coefficient (Wildman–Crippen LogP) is 0.740. The third-order valence-corrected chi connectivity index (χ3v) is 2.09. The summed E-state index contributed by atoms with van der Waals surface area (Å²) in [7, 11) is 0. The molecule has 16 heavy (non-hydrogen) atoms. The van der Waals surface area contributed by atoms with Gasteiger partial charge >= 0.3 is 5.82 Å². The molecule has 6 nitrogen and oxygen atoms in total. The summed E-state index contributed by atoms with van der Waals surface area (Å²) in [5.74, 6) is -0.381. The van der Waals surface area contributed by atoms with Crippen LogP contribution in [0.1, 0.15) is 31.6 Å². The van der Waals surface area contributed by atoms with Gasteiger partial charge in [0.15, 0.2) is 0 Å². The van der Waals surface area contributed by atoms with Crippen LogP contribution in [-0.4, -0.2) is 30.1 Å². The van der Waals surface area contributed by atoms with Gasteiger partial charge in [0.1, 0.15) is 0 Å².